The van der Waals surface area contributed by atoms with Gasteiger partial charge in [-0.2, -0.15) is 0 Å². The highest BCUT2D eigenvalue weighted by Gasteiger charge is 2.09. The van der Waals surface area contributed by atoms with Gasteiger partial charge in [-0.1, -0.05) is 0 Å². The average Bonchev–Trinajstić information content (AvgIpc) is 2.21. The third-order valence-electron chi connectivity index (χ3n) is 2.04. The van der Waals surface area contributed by atoms with Crippen LogP contribution >= 0.6 is 22.6 Å². The third-order valence-corrected chi connectivity index (χ3v) is 2.75. The number of carbonyl (C=O) groups excluding carboxylic acids is 1. The molecule has 1 unspecified atom stereocenters. The molecule has 0 heterocycles. The van der Waals surface area contributed by atoms with Crippen LogP contribution in [0.1, 0.15) is 20.3 Å². The maximum atomic E-state index is 11.2. The summed E-state index contributed by atoms with van der Waals surface area (Å²) in [6, 6.07) is 8.14. The zero-order chi connectivity index (χ0) is 12.0. The fourth-order valence-electron chi connectivity index (χ4n) is 1.35. The molecule has 1 N–H and O–H groups in total. The van der Waals surface area contributed by atoms with Crippen LogP contribution in [-0.4, -0.2) is 18.6 Å². The zero-order valence-electron chi connectivity index (χ0n) is 9.50. The molecule has 0 fully saturated rings. The van der Waals surface area contributed by atoms with Crippen molar-refractivity contribution >= 4 is 34.2 Å². The van der Waals surface area contributed by atoms with E-state index in [1.807, 2.05) is 38.1 Å². The van der Waals surface area contributed by atoms with Crippen LogP contribution in [0.3, 0.4) is 0 Å². The van der Waals surface area contributed by atoms with Crippen molar-refractivity contribution in [1.29, 1.82) is 0 Å². The lowest BCUT2D eigenvalue weighted by Gasteiger charge is -2.14. The van der Waals surface area contributed by atoms with Crippen molar-refractivity contribution < 1.29 is 9.53 Å². The molecule has 0 bridgehead atoms. The van der Waals surface area contributed by atoms with Crippen LogP contribution < -0.4 is 5.32 Å². The highest BCUT2D eigenvalue weighted by molar-refractivity contribution is 14.1. The summed E-state index contributed by atoms with van der Waals surface area (Å²) >= 11 is 2.26. The number of nitrogens with one attached hydrogen (secondary N) is 1. The Morgan fingerprint density at radius 1 is 1.44 bits per heavy atom. The Labute approximate surface area is 110 Å². The van der Waals surface area contributed by atoms with Gasteiger partial charge < -0.3 is 10.1 Å². The van der Waals surface area contributed by atoms with Crippen molar-refractivity contribution in [2.24, 2.45) is 0 Å². The van der Waals surface area contributed by atoms with Crippen molar-refractivity contribution in [2.45, 2.75) is 26.3 Å². The van der Waals surface area contributed by atoms with E-state index in [1.54, 1.807) is 0 Å². The molecule has 1 atom stereocenters. The molecule has 0 saturated heterocycles. The molecule has 0 amide bonds. The van der Waals surface area contributed by atoms with Crippen molar-refractivity contribution in [3.05, 3.63) is 27.8 Å². The number of hydrogen-bond donors (Lipinski definition) is 1. The summed E-state index contributed by atoms with van der Waals surface area (Å²) in [6.45, 7) is 4.22. The molecular weight excluding hydrogens is 317 g/mol. The number of rotatable bonds is 5. The second-order valence-corrected chi connectivity index (χ2v) is 4.81. The average molecular weight is 333 g/mol. The quantitative estimate of drug-likeness (QED) is 0.665. The standard InChI is InChI=1S/C12H16INO2/c1-3-16-12(15)8-9(2)14-11-6-4-10(13)5-7-11/h4-7,9,14H,3,8H2,1-2H3. The van der Waals surface area contributed by atoms with Gasteiger partial charge in [0.05, 0.1) is 13.0 Å². The van der Waals surface area contributed by atoms with E-state index in [4.69, 9.17) is 4.74 Å². The summed E-state index contributed by atoms with van der Waals surface area (Å²) in [5.74, 6) is -0.159. The molecule has 0 spiro atoms. The van der Waals surface area contributed by atoms with Crippen LogP contribution in [0.5, 0.6) is 0 Å². The van der Waals surface area contributed by atoms with Gasteiger partial charge in [0.25, 0.3) is 0 Å². The first kappa shape index (κ1) is 13.3. The van der Waals surface area contributed by atoms with Crippen molar-refractivity contribution in [3.63, 3.8) is 0 Å². The highest BCUT2D eigenvalue weighted by Crippen LogP contribution is 2.13. The number of anilines is 1. The minimum Gasteiger partial charge on any atom is -0.466 e. The van der Waals surface area contributed by atoms with E-state index < -0.39 is 0 Å². The fraction of sp³-hybridized carbons (Fsp3) is 0.417. The SMILES string of the molecule is CCOC(=O)CC(C)Nc1ccc(I)cc1. The monoisotopic (exact) mass is 333 g/mol. The highest BCUT2D eigenvalue weighted by atomic mass is 127. The van der Waals surface area contributed by atoms with Gasteiger partial charge in [0, 0.05) is 15.3 Å². The molecule has 3 nitrogen and oxygen atoms in total. The summed E-state index contributed by atoms with van der Waals surface area (Å²) in [5, 5.41) is 3.25. The van der Waals surface area contributed by atoms with Gasteiger partial charge in [0.1, 0.15) is 0 Å². The van der Waals surface area contributed by atoms with E-state index in [-0.39, 0.29) is 12.0 Å². The lowest BCUT2D eigenvalue weighted by molar-refractivity contribution is -0.143. The van der Waals surface area contributed by atoms with E-state index in [0.717, 1.165) is 5.69 Å². The molecule has 0 aliphatic rings. The second-order valence-electron chi connectivity index (χ2n) is 3.56. The molecule has 88 valence electrons. The minimum atomic E-state index is -0.159. The van der Waals surface area contributed by atoms with Gasteiger partial charge in [-0.05, 0) is 60.7 Å². The van der Waals surface area contributed by atoms with Crippen LogP contribution in [0.4, 0.5) is 5.69 Å². The summed E-state index contributed by atoms with van der Waals surface area (Å²) in [4.78, 5) is 11.2. The third kappa shape index (κ3) is 4.83. The Balaban J connectivity index is 2.42. The Kier molecular flexibility index (Phi) is 5.59. The molecule has 4 heteroatoms. The van der Waals surface area contributed by atoms with Crippen LogP contribution in [0.25, 0.3) is 0 Å². The number of carbonyl (C=O) groups is 1. The summed E-state index contributed by atoms with van der Waals surface area (Å²) in [5.41, 5.74) is 1.03. The lowest BCUT2D eigenvalue weighted by atomic mass is 10.2. The molecule has 1 rings (SSSR count). The van der Waals surface area contributed by atoms with Gasteiger partial charge in [-0.25, -0.2) is 0 Å². The van der Waals surface area contributed by atoms with Crippen LogP contribution in [-0.2, 0) is 9.53 Å². The van der Waals surface area contributed by atoms with E-state index in [1.165, 1.54) is 3.57 Å². The second kappa shape index (κ2) is 6.73. The smallest absolute Gasteiger partial charge is 0.307 e. The number of benzene rings is 1. The number of esters is 1. The number of hydrogen-bond acceptors (Lipinski definition) is 3. The first-order chi connectivity index (χ1) is 7.61. The molecule has 1 aromatic rings. The summed E-state index contributed by atoms with van der Waals surface area (Å²) < 4.78 is 6.08. The van der Waals surface area contributed by atoms with E-state index in [9.17, 15) is 4.79 Å². The molecule has 0 radical (unpaired) electrons. The maximum absolute atomic E-state index is 11.2. The Bertz CT molecular complexity index is 337. The first-order valence-corrected chi connectivity index (χ1v) is 6.37. The molecule has 0 aliphatic heterocycles. The van der Waals surface area contributed by atoms with Crippen LogP contribution in [0, 0.1) is 3.57 Å². The van der Waals surface area contributed by atoms with Crippen molar-refractivity contribution in [3.8, 4) is 0 Å². The zero-order valence-corrected chi connectivity index (χ0v) is 11.7. The summed E-state index contributed by atoms with van der Waals surface area (Å²) in [7, 11) is 0. The van der Waals surface area contributed by atoms with E-state index in [2.05, 4.69) is 27.9 Å². The van der Waals surface area contributed by atoms with Gasteiger partial charge >= 0.3 is 5.97 Å². The summed E-state index contributed by atoms with van der Waals surface area (Å²) in [6.07, 6.45) is 0.389. The van der Waals surface area contributed by atoms with Gasteiger partial charge in [0.2, 0.25) is 0 Å². The van der Waals surface area contributed by atoms with E-state index >= 15 is 0 Å². The fourth-order valence-corrected chi connectivity index (χ4v) is 1.71. The van der Waals surface area contributed by atoms with Crippen LogP contribution in [0.15, 0.2) is 24.3 Å². The Hall–Kier alpha value is -0.780. The largest absolute Gasteiger partial charge is 0.466 e. The number of ether oxygens (including phenoxy) is 1. The van der Waals surface area contributed by atoms with Gasteiger partial charge in [0.15, 0.2) is 0 Å². The van der Waals surface area contributed by atoms with Crippen molar-refractivity contribution in [2.75, 3.05) is 11.9 Å². The Morgan fingerprint density at radius 3 is 2.62 bits per heavy atom. The Morgan fingerprint density at radius 2 is 2.06 bits per heavy atom. The molecular formula is C12H16INO2. The van der Waals surface area contributed by atoms with Crippen molar-refractivity contribution in [1.82, 2.24) is 0 Å². The predicted octanol–water partition coefficient (Wildman–Crippen LogP) is 3.04. The topological polar surface area (TPSA) is 38.3 Å². The predicted molar refractivity (Wildman–Crippen MR) is 73.5 cm³/mol. The minimum absolute atomic E-state index is 0.0825. The molecule has 16 heavy (non-hydrogen) atoms. The van der Waals surface area contributed by atoms with E-state index in [0.29, 0.717) is 13.0 Å². The maximum Gasteiger partial charge on any atom is 0.307 e. The van der Waals surface area contributed by atoms with Crippen LogP contribution in [0.2, 0.25) is 0 Å². The van der Waals surface area contributed by atoms with Gasteiger partial charge in [-0.15, -0.1) is 0 Å². The lowest BCUT2D eigenvalue weighted by Crippen LogP contribution is -2.20. The van der Waals surface area contributed by atoms with Gasteiger partial charge in [-0.3, -0.25) is 4.79 Å². The first-order valence-electron chi connectivity index (χ1n) is 5.29. The number of halogens is 1. The molecule has 0 saturated carbocycles. The normalized spacial score (nSPS) is 11.9. The molecule has 0 aromatic heterocycles. The molecule has 1 aromatic carbocycles. The molecule has 0 aliphatic carbocycles.